The highest BCUT2D eigenvalue weighted by molar-refractivity contribution is 5.58. The van der Waals surface area contributed by atoms with Gasteiger partial charge in [-0.15, -0.1) is 0 Å². The fourth-order valence-corrected chi connectivity index (χ4v) is 2.98. The van der Waals surface area contributed by atoms with Crippen LogP contribution in [0.25, 0.3) is 0 Å². The molecule has 1 aromatic carbocycles. The lowest BCUT2D eigenvalue weighted by Crippen LogP contribution is -2.35. The van der Waals surface area contributed by atoms with Gasteiger partial charge in [0.25, 0.3) is 5.69 Å². The molecule has 1 aliphatic heterocycles. The van der Waals surface area contributed by atoms with Crippen LogP contribution in [-0.2, 0) is 10.9 Å². The van der Waals surface area contributed by atoms with E-state index >= 15 is 0 Å². The highest BCUT2D eigenvalue weighted by Crippen LogP contribution is 2.40. The topological polar surface area (TPSA) is 64.4 Å². The number of non-ortho nitro benzene ring substituents is 1. The quantitative estimate of drug-likeness (QED) is 0.670. The second-order valence-corrected chi connectivity index (χ2v) is 6.10. The lowest BCUT2D eigenvalue weighted by atomic mass is 9.99. The third kappa shape index (κ3) is 3.74. The van der Waals surface area contributed by atoms with E-state index in [-0.39, 0.29) is 17.8 Å². The first-order valence-electron chi connectivity index (χ1n) is 7.58. The second-order valence-electron chi connectivity index (χ2n) is 6.10. The highest BCUT2D eigenvalue weighted by Gasteiger charge is 2.38. The first kappa shape index (κ1) is 16.0. The monoisotopic (exact) mass is 330 g/mol. The fraction of sp³-hybridized carbons (Fsp3) is 0.600. The van der Waals surface area contributed by atoms with Gasteiger partial charge in [-0.1, -0.05) is 0 Å². The number of alkyl halides is 3. The van der Waals surface area contributed by atoms with Crippen molar-refractivity contribution in [2.75, 3.05) is 11.9 Å². The van der Waals surface area contributed by atoms with Crippen molar-refractivity contribution in [1.29, 1.82) is 0 Å². The molecule has 3 rings (SSSR count). The van der Waals surface area contributed by atoms with Crippen LogP contribution in [0.2, 0.25) is 0 Å². The summed E-state index contributed by atoms with van der Waals surface area (Å²) in [5, 5.41) is 13.6. The molecule has 0 radical (unpaired) electrons. The summed E-state index contributed by atoms with van der Waals surface area (Å²) in [6, 6.07) is 2.70. The number of hydrogen-bond acceptors (Lipinski definition) is 4. The van der Waals surface area contributed by atoms with Crippen molar-refractivity contribution in [1.82, 2.24) is 0 Å². The summed E-state index contributed by atoms with van der Waals surface area (Å²) in [6.45, 7) is 0.521. The number of nitrogens with one attached hydrogen (secondary N) is 1. The summed E-state index contributed by atoms with van der Waals surface area (Å²) < 4.78 is 45.2. The van der Waals surface area contributed by atoms with Gasteiger partial charge in [0, 0.05) is 30.5 Å². The van der Waals surface area contributed by atoms with Crippen LogP contribution < -0.4 is 5.32 Å². The lowest BCUT2D eigenvalue weighted by Gasteiger charge is -2.31. The van der Waals surface area contributed by atoms with Crippen LogP contribution in [0.5, 0.6) is 0 Å². The molecule has 0 aromatic heterocycles. The Morgan fingerprint density at radius 1 is 1.26 bits per heavy atom. The zero-order valence-corrected chi connectivity index (χ0v) is 12.3. The summed E-state index contributed by atoms with van der Waals surface area (Å²) in [4.78, 5) is 9.88. The van der Waals surface area contributed by atoms with Crippen molar-refractivity contribution < 1.29 is 22.8 Å². The average Bonchev–Trinajstić information content (AvgIpc) is 3.31. The Bertz CT molecular complexity index is 602. The van der Waals surface area contributed by atoms with Crippen LogP contribution in [0.1, 0.15) is 31.2 Å². The van der Waals surface area contributed by atoms with Crippen molar-refractivity contribution in [3.8, 4) is 0 Å². The van der Waals surface area contributed by atoms with E-state index in [0.717, 1.165) is 25.0 Å². The molecule has 126 valence electrons. The molecule has 1 aromatic rings. The van der Waals surface area contributed by atoms with Gasteiger partial charge >= 0.3 is 6.18 Å². The van der Waals surface area contributed by atoms with Crippen LogP contribution >= 0.6 is 0 Å². The molecule has 0 spiro atoms. The Hall–Kier alpha value is -1.83. The smallest absolute Gasteiger partial charge is 0.382 e. The zero-order chi connectivity index (χ0) is 16.6. The summed E-state index contributed by atoms with van der Waals surface area (Å²) in [5.74, 6) is 0.526. The second kappa shape index (κ2) is 5.99. The predicted molar refractivity (Wildman–Crippen MR) is 77.2 cm³/mol. The Morgan fingerprint density at radius 2 is 2.00 bits per heavy atom. The molecule has 1 aliphatic carbocycles. The van der Waals surface area contributed by atoms with E-state index in [1.165, 1.54) is 0 Å². The standard InChI is InChI=1S/C15H17F3N2O3/c16-15(17,18)12-8-11(20(21)22)3-4-13(12)19-10-5-6-23-14(7-10)9-1-2-9/h3-4,8-10,14,19H,1-2,5-7H2. The number of nitrogens with zero attached hydrogens (tertiary/aromatic N) is 1. The predicted octanol–water partition coefficient (Wildman–Crippen LogP) is 3.98. The summed E-state index contributed by atoms with van der Waals surface area (Å²) in [5.41, 5.74) is -1.67. The fourth-order valence-electron chi connectivity index (χ4n) is 2.98. The SMILES string of the molecule is O=[N+]([O-])c1ccc(NC2CCOC(C3CC3)C2)c(C(F)(F)F)c1. The van der Waals surface area contributed by atoms with Gasteiger partial charge in [-0.3, -0.25) is 10.1 Å². The van der Waals surface area contributed by atoms with Gasteiger partial charge in [0.1, 0.15) is 0 Å². The molecule has 0 amide bonds. The van der Waals surface area contributed by atoms with E-state index < -0.39 is 22.4 Å². The van der Waals surface area contributed by atoms with Crippen molar-refractivity contribution in [3.63, 3.8) is 0 Å². The minimum Gasteiger partial charge on any atom is -0.382 e. The molecule has 8 heteroatoms. The third-order valence-electron chi connectivity index (χ3n) is 4.34. The van der Waals surface area contributed by atoms with Gasteiger partial charge in [-0.05, 0) is 37.7 Å². The van der Waals surface area contributed by atoms with Gasteiger partial charge in [0.05, 0.1) is 16.6 Å². The van der Waals surface area contributed by atoms with E-state index in [1.54, 1.807) is 0 Å². The molecule has 2 aliphatic rings. The number of ether oxygens (including phenoxy) is 1. The average molecular weight is 330 g/mol. The van der Waals surface area contributed by atoms with Gasteiger partial charge in [-0.25, -0.2) is 0 Å². The van der Waals surface area contributed by atoms with E-state index in [2.05, 4.69) is 5.32 Å². The van der Waals surface area contributed by atoms with Crippen molar-refractivity contribution in [3.05, 3.63) is 33.9 Å². The van der Waals surface area contributed by atoms with Crippen LogP contribution in [0.4, 0.5) is 24.5 Å². The maximum Gasteiger partial charge on any atom is 0.418 e. The summed E-state index contributed by atoms with van der Waals surface area (Å²) >= 11 is 0. The van der Waals surface area contributed by atoms with Crippen molar-refractivity contribution in [2.24, 2.45) is 5.92 Å². The number of anilines is 1. The van der Waals surface area contributed by atoms with E-state index in [9.17, 15) is 23.3 Å². The Labute approximate surface area is 131 Å². The van der Waals surface area contributed by atoms with Gasteiger partial charge in [0.15, 0.2) is 0 Å². The number of benzene rings is 1. The molecule has 23 heavy (non-hydrogen) atoms. The van der Waals surface area contributed by atoms with Crippen molar-refractivity contribution >= 4 is 11.4 Å². The molecular formula is C15H17F3N2O3. The van der Waals surface area contributed by atoms with Crippen LogP contribution in [0, 0.1) is 16.0 Å². The van der Waals surface area contributed by atoms with Crippen molar-refractivity contribution in [2.45, 2.75) is 44.0 Å². The molecule has 2 atom stereocenters. The normalized spacial score (nSPS) is 25.2. The van der Waals surface area contributed by atoms with E-state index in [4.69, 9.17) is 4.74 Å². The van der Waals surface area contributed by atoms with Gasteiger partial charge < -0.3 is 10.1 Å². The Kier molecular flexibility index (Phi) is 4.18. The Balaban J connectivity index is 1.79. The number of halogens is 3. The van der Waals surface area contributed by atoms with Crippen LogP contribution in [0.3, 0.4) is 0 Å². The van der Waals surface area contributed by atoms with E-state index in [0.29, 0.717) is 31.4 Å². The summed E-state index contributed by atoms with van der Waals surface area (Å²) in [7, 11) is 0. The minimum absolute atomic E-state index is 0.105. The molecule has 1 saturated heterocycles. The highest BCUT2D eigenvalue weighted by atomic mass is 19.4. The largest absolute Gasteiger partial charge is 0.418 e. The lowest BCUT2D eigenvalue weighted by molar-refractivity contribution is -0.385. The third-order valence-corrected chi connectivity index (χ3v) is 4.34. The number of hydrogen-bond donors (Lipinski definition) is 1. The number of rotatable bonds is 4. The molecule has 1 heterocycles. The zero-order valence-electron chi connectivity index (χ0n) is 12.3. The first-order valence-corrected chi connectivity index (χ1v) is 7.58. The molecular weight excluding hydrogens is 313 g/mol. The molecule has 1 saturated carbocycles. The molecule has 0 bridgehead atoms. The van der Waals surface area contributed by atoms with Crippen LogP contribution in [-0.4, -0.2) is 23.7 Å². The van der Waals surface area contributed by atoms with Gasteiger partial charge in [-0.2, -0.15) is 13.2 Å². The first-order chi connectivity index (χ1) is 10.8. The maximum absolute atomic E-state index is 13.2. The molecule has 2 fully saturated rings. The van der Waals surface area contributed by atoms with Gasteiger partial charge in [0.2, 0.25) is 0 Å². The molecule has 2 unspecified atom stereocenters. The minimum atomic E-state index is -4.64. The molecule has 1 N–H and O–H groups in total. The Morgan fingerprint density at radius 3 is 2.61 bits per heavy atom. The maximum atomic E-state index is 13.2. The van der Waals surface area contributed by atoms with E-state index in [1.807, 2.05) is 0 Å². The van der Waals surface area contributed by atoms with Crippen LogP contribution in [0.15, 0.2) is 18.2 Å². The summed E-state index contributed by atoms with van der Waals surface area (Å²) in [6.07, 6.45) is -1.02. The number of nitro benzene ring substituents is 1. The number of nitro groups is 1. The molecule has 5 nitrogen and oxygen atoms in total.